The first-order chi connectivity index (χ1) is 12.0. The lowest BCUT2D eigenvalue weighted by atomic mass is 10.3. The van der Waals surface area contributed by atoms with E-state index in [1.54, 1.807) is 48.5 Å². The average Bonchev–Trinajstić information content (AvgIpc) is 2.57. The molecule has 2 N–H and O–H groups in total. The summed E-state index contributed by atoms with van der Waals surface area (Å²) in [4.78, 5) is 18.9. The van der Waals surface area contributed by atoms with Crippen LogP contribution in [0.5, 0.6) is 0 Å². The SMILES string of the molecule is O=[N+]([O-])c1c(Nc2ccc(Cl)cc2)ncnc1Nc1cccc(Cl)c1. The molecule has 0 saturated heterocycles. The van der Waals surface area contributed by atoms with Crippen LogP contribution in [0.2, 0.25) is 10.0 Å². The highest BCUT2D eigenvalue weighted by Gasteiger charge is 2.23. The van der Waals surface area contributed by atoms with Gasteiger partial charge in [-0.25, -0.2) is 9.97 Å². The Morgan fingerprint density at radius 1 is 0.880 bits per heavy atom. The second-order valence-corrected chi connectivity index (χ2v) is 5.82. The molecule has 0 aliphatic heterocycles. The average molecular weight is 376 g/mol. The van der Waals surface area contributed by atoms with Crippen molar-refractivity contribution in [3.8, 4) is 0 Å². The van der Waals surface area contributed by atoms with Crippen molar-refractivity contribution in [3.05, 3.63) is 75.0 Å². The summed E-state index contributed by atoms with van der Waals surface area (Å²) < 4.78 is 0. The van der Waals surface area contributed by atoms with E-state index in [1.165, 1.54) is 6.33 Å². The first-order valence-electron chi connectivity index (χ1n) is 7.07. The van der Waals surface area contributed by atoms with Gasteiger partial charge in [0.05, 0.1) is 4.92 Å². The molecule has 0 unspecified atom stereocenters. The largest absolute Gasteiger partial charge is 0.353 e. The third-order valence-corrected chi connectivity index (χ3v) is 3.69. The molecule has 0 fully saturated rings. The molecule has 1 aromatic heterocycles. The van der Waals surface area contributed by atoms with Crippen molar-refractivity contribution in [3.63, 3.8) is 0 Å². The van der Waals surface area contributed by atoms with E-state index in [2.05, 4.69) is 20.6 Å². The lowest BCUT2D eigenvalue weighted by molar-refractivity contribution is -0.383. The number of nitrogens with zero attached hydrogens (tertiary/aromatic N) is 3. The van der Waals surface area contributed by atoms with Gasteiger partial charge in [0.2, 0.25) is 11.6 Å². The molecule has 0 aliphatic rings. The Balaban J connectivity index is 1.96. The quantitative estimate of drug-likeness (QED) is 0.471. The van der Waals surface area contributed by atoms with E-state index >= 15 is 0 Å². The van der Waals surface area contributed by atoms with Crippen LogP contribution in [0.3, 0.4) is 0 Å². The van der Waals surface area contributed by atoms with Crippen LogP contribution in [-0.4, -0.2) is 14.9 Å². The van der Waals surface area contributed by atoms with Crippen LogP contribution < -0.4 is 10.6 Å². The molecular formula is C16H11Cl2N5O2. The van der Waals surface area contributed by atoms with Crippen LogP contribution in [0.4, 0.5) is 28.7 Å². The van der Waals surface area contributed by atoms with Gasteiger partial charge < -0.3 is 10.6 Å². The number of rotatable bonds is 5. The van der Waals surface area contributed by atoms with E-state index in [-0.39, 0.29) is 17.3 Å². The second kappa shape index (κ2) is 7.33. The molecule has 25 heavy (non-hydrogen) atoms. The highest BCUT2D eigenvalue weighted by atomic mass is 35.5. The Morgan fingerprint density at radius 3 is 2.12 bits per heavy atom. The molecule has 0 atom stereocenters. The lowest BCUT2D eigenvalue weighted by Crippen LogP contribution is -2.05. The number of hydrogen-bond donors (Lipinski definition) is 2. The summed E-state index contributed by atoms with van der Waals surface area (Å²) in [6.45, 7) is 0. The van der Waals surface area contributed by atoms with Crippen molar-refractivity contribution in [2.24, 2.45) is 0 Å². The zero-order valence-electron chi connectivity index (χ0n) is 12.6. The first-order valence-corrected chi connectivity index (χ1v) is 7.83. The van der Waals surface area contributed by atoms with Crippen LogP contribution in [0.15, 0.2) is 54.9 Å². The minimum Gasteiger partial charge on any atom is -0.334 e. The fourth-order valence-corrected chi connectivity index (χ4v) is 2.42. The Kier molecular flexibility index (Phi) is 4.97. The molecule has 7 nitrogen and oxygen atoms in total. The summed E-state index contributed by atoms with van der Waals surface area (Å²) in [7, 11) is 0. The fraction of sp³-hybridized carbons (Fsp3) is 0. The predicted octanol–water partition coefficient (Wildman–Crippen LogP) is 5.18. The minimum atomic E-state index is -0.550. The van der Waals surface area contributed by atoms with E-state index in [4.69, 9.17) is 23.2 Å². The van der Waals surface area contributed by atoms with Gasteiger partial charge in [0.1, 0.15) is 6.33 Å². The number of halogens is 2. The van der Waals surface area contributed by atoms with Crippen LogP contribution in [0.1, 0.15) is 0 Å². The number of anilines is 4. The highest BCUT2D eigenvalue weighted by molar-refractivity contribution is 6.31. The lowest BCUT2D eigenvalue weighted by Gasteiger charge is -2.10. The molecule has 3 rings (SSSR count). The highest BCUT2D eigenvalue weighted by Crippen LogP contribution is 2.33. The van der Waals surface area contributed by atoms with Crippen molar-refractivity contribution in [1.82, 2.24) is 9.97 Å². The zero-order chi connectivity index (χ0) is 17.8. The predicted molar refractivity (Wildman–Crippen MR) is 98.2 cm³/mol. The van der Waals surface area contributed by atoms with Crippen LogP contribution in [0, 0.1) is 10.1 Å². The molecule has 0 saturated carbocycles. The summed E-state index contributed by atoms with van der Waals surface area (Å²) in [6, 6.07) is 13.5. The van der Waals surface area contributed by atoms with E-state index in [0.717, 1.165) is 0 Å². The van der Waals surface area contributed by atoms with E-state index < -0.39 is 4.92 Å². The van der Waals surface area contributed by atoms with Gasteiger partial charge in [-0.15, -0.1) is 0 Å². The zero-order valence-corrected chi connectivity index (χ0v) is 14.1. The van der Waals surface area contributed by atoms with Crippen LogP contribution >= 0.6 is 23.2 Å². The maximum Gasteiger partial charge on any atom is 0.353 e. The minimum absolute atomic E-state index is 0.0544. The molecule has 126 valence electrons. The molecular weight excluding hydrogens is 365 g/mol. The van der Waals surface area contributed by atoms with Gasteiger partial charge >= 0.3 is 5.69 Å². The Bertz CT molecular complexity index is 919. The third kappa shape index (κ3) is 4.14. The summed E-state index contributed by atoms with van der Waals surface area (Å²) in [5.74, 6) is 0.116. The molecule has 0 amide bonds. The van der Waals surface area contributed by atoms with Crippen LogP contribution in [-0.2, 0) is 0 Å². The Labute approximate surface area is 152 Å². The molecule has 1 heterocycles. The molecule has 3 aromatic rings. The maximum atomic E-state index is 11.5. The smallest absolute Gasteiger partial charge is 0.334 e. The molecule has 2 aromatic carbocycles. The second-order valence-electron chi connectivity index (χ2n) is 4.94. The number of nitrogens with one attached hydrogen (secondary N) is 2. The summed E-state index contributed by atoms with van der Waals surface area (Å²) in [5, 5.41) is 18.4. The van der Waals surface area contributed by atoms with Crippen molar-refractivity contribution >= 4 is 51.9 Å². The van der Waals surface area contributed by atoms with E-state index in [9.17, 15) is 10.1 Å². The van der Waals surface area contributed by atoms with Gasteiger partial charge in [0.25, 0.3) is 0 Å². The van der Waals surface area contributed by atoms with Gasteiger partial charge in [-0.1, -0.05) is 29.3 Å². The number of hydrogen-bond acceptors (Lipinski definition) is 6. The van der Waals surface area contributed by atoms with Gasteiger partial charge in [0.15, 0.2) is 0 Å². The van der Waals surface area contributed by atoms with E-state index in [0.29, 0.717) is 21.4 Å². The van der Waals surface area contributed by atoms with Crippen molar-refractivity contribution < 1.29 is 4.92 Å². The van der Waals surface area contributed by atoms with Crippen LogP contribution in [0.25, 0.3) is 0 Å². The van der Waals surface area contributed by atoms with Crippen molar-refractivity contribution in [1.29, 1.82) is 0 Å². The van der Waals surface area contributed by atoms with Gasteiger partial charge in [-0.05, 0) is 42.5 Å². The van der Waals surface area contributed by atoms with Gasteiger partial charge in [0, 0.05) is 21.4 Å². The molecule has 0 spiro atoms. The van der Waals surface area contributed by atoms with Crippen molar-refractivity contribution in [2.45, 2.75) is 0 Å². The van der Waals surface area contributed by atoms with Crippen molar-refractivity contribution in [2.75, 3.05) is 10.6 Å². The normalized spacial score (nSPS) is 10.3. The monoisotopic (exact) mass is 375 g/mol. The standard InChI is InChI=1S/C16H11Cl2N5O2/c17-10-4-6-12(7-5-10)21-15-14(23(24)25)16(20-9-19-15)22-13-3-1-2-11(18)8-13/h1-9H,(H2,19,20,21,22). The Hall–Kier alpha value is -2.90. The van der Waals surface area contributed by atoms with Gasteiger partial charge in [-0.2, -0.15) is 0 Å². The number of aromatic nitrogens is 2. The summed E-state index contributed by atoms with van der Waals surface area (Å²) in [5.41, 5.74) is 0.907. The van der Waals surface area contributed by atoms with E-state index in [1.807, 2.05) is 0 Å². The first kappa shape index (κ1) is 16.9. The summed E-state index contributed by atoms with van der Waals surface area (Å²) in [6.07, 6.45) is 1.23. The number of benzene rings is 2. The topological polar surface area (TPSA) is 93.0 Å². The molecule has 9 heteroatoms. The fourth-order valence-electron chi connectivity index (χ4n) is 2.11. The third-order valence-electron chi connectivity index (χ3n) is 3.20. The summed E-state index contributed by atoms with van der Waals surface area (Å²) >= 11 is 11.8. The van der Waals surface area contributed by atoms with Gasteiger partial charge in [-0.3, -0.25) is 10.1 Å². The molecule has 0 radical (unpaired) electrons. The maximum absolute atomic E-state index is 11.5. The molecule has 0 aliphatic carbocycles. The number of nitro groups is 1. The Morgan fingerprint density at radius 2 is 1.52 bits per heavy atom. The molecule has 0 bridgehead atoms.